The molecule has 1 aliphatic heterocycles. The van der Waals surface area contributed by atoms with Crippen molar-refractivity contribution in [1.29, 1.82) is 0 Å². The average Bonchev–Trinajstić information content (AvgIpc) is 1.82. The number of rotatable bonds is 4. The lowest BCUT2D eigenvalue weighted by molar-refractivity contribution is 0.111. The summed E-state index contributed by atoms with van der Waals surface area (Å²) >= 11 is 0. The molecule has 0 bridgehead atoms. The van der Waals surface area contributed by atoms with E-state index in [2.05, 4.69) is 31.0 Å². The van der Waals surface area contributed by atoms with E-state index in [-0.39, 0.29) is 0 Å². The maximum absolute atomic E-state index is 3.31. The van der Waals surface area contributed by atoms with Gasteiger partial charge in [0.1, 0.15) is 0 Å². The van der Waals surface area contributed by atoms with Gasteiger partial charge in [-0.05, 0) is 26.8 Å². The van der Waals surface area contributed by atoms with Crippen molar-refractivity contribution in [2.75, 3.05) is 19.6 Å². The van der Waals surface area contributed by atoms with Crippen molar-refractivity contribution < 1.29 is 0 Å². The summed E-state index contributed by atoms with van der Waals surface area (Å²) in [5, 5.41) is 3.31. The third-order valence-electron chi connectivity index (χ3n) is 2.37. The van der Waals surface area contributed by atoms with Gasteiger partial charge in [-0.2, -0.15) is 0 Å². The van der Waals surface area contributed by atoms with Crippen molar-refractivity contribution in [3.05, 3.63) is 0 Å². The lowest BCUT2D eigenvalue weighted by Gasteiger charge is -2.40. The van der Waals surface area contributed by atoms with Gasteiger partial charge in [-0.15, -0.1) is 0 Å². The quantitative estimate of drug-likeness (QED) is 0.655. The minimum absolute atomic E-state index is 0.710. The fraction of sp³-hybridized carbons (Fsp3) is 1.00. The highest BCUT2D eigenvalue weighted by Gasteiger charge is 2.25. The molecule has 0 amide bonds. The molecule has 1 saturated heterocycles. The summed E-state index contributed by atoms with van der Waals surface area (Å²) in [4.78, 5) is 2.59. The minimum Gasteiger partial charge on any atom is -0.314 e. The van der Waals surface area contributed by atoms with Crippen molar-refractivity contribution >= 4 is 0 Å². The van der Waals surface area contributed by atoms with Crippen LogP contribution in [0.5, 0.6) is 0 Å². The van der Waals surface area contributed by atoms with Crippen LogP contribution in [0.25, 0.3) is 0 Å². The molecule has 11 heavy (non-hydrogen) atoms. The Labute approximate surface area is 70.0 Å². The first-order chi connectivity index (χ1) is 5.25. The number of nitrogens with one attached hydrogen (secondary N) is 1. The predicted octanol–water partition coefficient (Wildman–Crippen LogP) is 1.08. The van der Waals surface area contributed by atoms with E-state index in [4.69, 9.17) is 0 Å². The van der Waals surface area contributed by atoms with E-state index >= 15 is 0 Å². The lowest BCUT2D eigenvalue weighted by Crippen LogP contribution is -2.59. The molecule has 2 heteroatoms. The Bertz CT molecular complexity index is 108. The second kappa shape index (κ2) is 4.07. The van der Waals surface area contributed by atoms with Crippen molar-refractivity contribution in [2.24, 2.45) is 0 Å². The highest BCUT2D eigenvalue weighted by molar-refractivity contribution is 4.85. The normalized spacial score (nSPS) is 19.4. The molecule has 1 N–H and O–H groups in total. The van der Waals surface area contributed by atoms with Crippen LogP contribution in [0, 0.1) is 0 Å². The molecule has 0 aromatic rings. The molecular formula is C9H20N2. The van der Waals surface area contributed by atoms with Crippen LogP contribution < -0.4 is 5.32 Å². The molecule has 0 atom stereocenters. The predicted molar refractivity (Wildman–Crippen MR) is 48.8 cm³/mol. The third kappa shape index (κ3) is 2.17. The number of hydrogen-bond donors (Lipinski definition) is 1. The zero-order chi connectivity index (χ0) is 8.27. The fourth-order valence-electron chi connectivity index (χ4n) is 1.63. The fourth-order valence-corrected chi connectivity index (χ4v) is 1.63. The second-order valence-corrected chi connectivity index (χ2v) is 3.64. The van der Waals surface area contributed by atoms with Gasteiger partial charge in [0.2, 0.25) is 0 Å². The van der Waals surface area contributed by atoms with Gasteiger partial charge in [0.05, 0.1) is 0 Å². The van der Waals surface area contributed by atoms with Gasteiger partial charge in [0.15, 0.2) is 0 Å². The van der Waals surface area contributed by atoms with Gasteiger partial charge in [-0.25, -0.2) is 0 Å². The second-order valence-electron chi connectivity index (χ2n) is 3.64. The van der Waals surface area contributed by atoms with Gasteiger partial charge in [-0.3, -0.25) is 4.90 Å². The van der Waals surface area contributed by atoms with Gasteiger partial charge < -0.3 is 5.32 Å². The number of hydrogen-bond acceptors (Lipinski definition) is 2. The Balaban J connectivity index is 2.31. The minimum atomic E-state index is 0.710. The molecule has 1 heterocycles. The molecule has 1 fully saturated rings. The molecule has 66 valence electrons. The summed E-state index contributed by atoms with van der Waals surface area (Å²) in [5.74, 6) is 0. The molecule has 1 aliphatic rings. The average molecular weight is 156 g/mol. The van der Waals surface area contributed by atoms with Gasteiger partial charge in [-0.1, -0.05) is 6.92 Å². The summed E-state index contributed by atoms with van der Waals surface area (Å²) in [6, 6.07) is 1.52. The summed E-state index contributed by atoms with van der Waals surface area (Å²) < 4.78 is 0. The van der Waals surface area contributed by atoms with Crippen LogP contribution in [0.3, 0.4) is 0 Å². The zero-order valence-electron chi connectivity index (χ0n) is 7.93. The molecule has 0 unspecified atom stereocenters. The van der Waals surface area contributed by atoms with E-state index < -0.39 is 0 Å². The Kier molecular flexibility index (Phi) is 3.34. The summed E-state index contributed by atoms with van der Waals surface area (Å²) in [6.45, 7) is 10.5. The van der Waals surface area contributed by atoms with Crippen LogP contribution in [-0.2, 0) is 0 Å². The molecule has 1 rings (SSSR count). The van der Waals surface area contributed by atoms with E-state index in [0.29, 0.717) is 6.04 Å². The molecule has 0 spiro atoms. The van der Waals surface area contributed by atoms with Gasteiger partial charge in [0.25, 0.3) is 0 Å². The zero-order valence-corrected chi connectivity index (χ0v) is 7.93. The van der Waals surface area contributed by atoms with E-state index in [1.54, 1.807) is 0 Å². The van der Waals surface area contributed by atoms with Crippen LogP contribution in [0.2, 0.25) is 0 Å². The van der Waals surface area contributed by atoms with Crippen LogP contribution in [-0.4, -0.2) is 36.6 Å². The molecule has 0 aromatic carbocycles. The third-order valence-corrected chi connectivity index (χ3v) is 2.37. The standard InChI is InChI=1S/C9H20N2/c1-4-5-11(8(2)3)9-6-10-7-9/h8-10H,4-7H2,1-3H3. The highest BCUT2D eigenvalue weighted by Crippen LogP contribution is 2.09. The van der Waals surface area contributed by atoms with Crippen LogP contribution in [0.4, 0.5) is 0 Å². The van der Waals surface area contributed by atoms with Gasteiger partial charge in [0, 0.05) is 25.2 Å². The topological polar surface area (TPSA) is 15.3 Å². The van der Waals surface area contributed by atoms with Crippen molar-refractivity contribution in [3.63, 3.8) is 0 Å². The molecule has 0 aliphatic carbocycles. The molecular weight excluding hydrogens is 136 g/mol. The van der Waals surface area contributed by atoms with Crippen LogP contribution >= 0.6 is 0 Å². The Hall–Kier alpha value is -0.0800. The first-order valence-corrected chi connectivity index (χ1v) is 4.72. The van der Waals surface area contributed by atoms with Crippen LogP contribution in [0.15, 0.2) is 0 Å². The Morgan fingerprint density at radius 3 is 2.36 bits per heavy atom. The molecule has 0 saturated carbocycles. The van der Waals surface area contributed by atoms with E-state index in [1.165, 1.54) is 26.1 Å². The summed E-state index contributed by atoms with van der Waals surface area (Å²) in [7, 11) is 0. The van der Waals surface area contributed by atoms with Crippen molar-refractivity contribution in [3.8, 4) is 0 Å². The Morgan fingerprint density at radius 2 is 2.09 bits per heavy atom. The molecule has 2 nitrogen and oxygen atoms in total. The molecule has 0 radical (unpaired) electrons. The van der Waals surface area contributed by atoms with Crippen LogP contribution in [0.1, 0.15) is 27.2 Å². The lowest BCUT2D eigenvalue weighted by atomic mass is 10.1. The monoisotopic (exact) mass is 156 g/mol. The summed E-state index contributed by atoms with van der Waals surface area (Å²) in [6.07, 6.45) is 1.27. The van der Waals surface area contributed by atoms with E-state index in [1.807, 2.05) is 0 Å². The molecule has 0 aromatic heterocycles. The SMILES string of the molecule is CCCN(C(C)C)C1CNC1. The van der Waals surface area contributed by atoms with Gasteiger partial charge >= 0.3 is 0 Å². The van der Waals surface area contributed by atoms with E-state index in [0.717, 1.165) is 6.04 Å². The first kappa shape index (κ1) is 9.01. The first-order valence-electron chi connectivity index (χ1n) is 4.72. The maximum atomic E-state index is 3.31. The van der Waals surface area contributed by atoms with E-state index in [9.17, 15) is 0 Å². The largest absolute Gasteiger partial charge is 0.314 e. The summed E-state index contributed by atoms with van der Waals surface area (Å²) in [5.41, 5.74) is 0. The maximum Gasteiger partial charge on any atom is 0.0348 e. The number of nitrogens with zero attached hydrogens (tertiary/aromatic N) is 1. The smallest absolute Gasteiger partial charge is 0.0348 e. The highest BCUT2D eigenvalue weighted by atomic mass is 15.2. The van der Waals surface area contributed by atoms with Crippen molar-refractivity contribution in [1.82, 2.24) is 10.2 Å². The van der Waals surface area contributed by atoms with Crippen molar-refractivity contribution in [2.45, 2.75) is 39.3 Å². The Morgan fingerprint density at radius 1 is 1.45 bits per heavy atom.